The van der Waals surface area contributed by atoms with E-state index in [-0.39, 0.29) is 17.7 Å². The van der Waals surface area contributed by atoms with Crippen molar-refractivity contribution >= 4 is 70.4 Å². The predicted molar refractivity (Wildman–Crippen MR) is 209 cm³/mol. The Balaban J connectivity index is 1.22. The number of ether oxygens (including phenoxy) is 3. The highest BCUT2D eigenvalue weighted by molar-refractivity contribution is 6.58. The number of fused-ring (bicyclic) bond motifs is 4. The Hall–Kier alpha value is -6.14. The zero-order chi connectivity index (χ0) is 45.7. The van der Waals surface area contributed by atoms with Gasteiger partial charge in [0.05, 0.1) is 31.7 Å². The maximum absolute atomic E-state index is 15.4. The number of carbonyl (C=O) groups excluding carboxylic acids is 4. The van der Waals surface area contributed by atoms with Crippen LogP contribution in [-0.2, 0) is 19.2 Å². The van der Waals surface area contributed by atoms with Crippen LogP contribution < -0.4 is 24.0 Å². The molecular formula is C43H28Cl2F8N2O8. The Morgan fingerprint density at radius 1 is 0.746 bits per heavy atom. The number of nitrogens with zero attached hydrogens (tertiary/aromatic N) is 2. The van der Waals surface area contributed by atoms with E-state index in [2.05, 4.69) is 4.74 Å². The molecule has 4 aromatic rings. The molecule has 3 fully saturated rings. The number of aromatic hydroxyl groups is 1. The first-order valence-corrected chi connectivity index (χ1v) is 19.4. The number of phenols is 1. The third-order valence-electron chi connectivity index (χ3n) is 11.8. The fourth-order valence-corrected chi connectivity index (χ4v) is 9.94. The average Bonchev–Trinajstić information content (AvgIpc) is 3.59. The Kier molecular flexibility index (Phi) is 10.6. The number of allylic oxidation sites excluding steroid dienone is 2. The van der Waals surface area contributed by atoms with Crippen LogP contribution in [-0.4, -0.2) is 59.1 Å². The SMILES string of the molecule is COc1ccc(OC)c(C=Cc2ccc(N3C(=O)[C@H]4[C@H](CC=C5[C@H]4C[C@@]4(Cl)C(=O)N(c6c(F)c(F)c(F)c(F)c6F)C(=O)[C@@]4(Cl)[C@H]5c4cc(OC(F)(F)F)ccc4O)C3=O)cc2)c1. The number of hydrogen-bond acceptors (Lipinski definition) is 8. The Morgan fingerprint density at radius 2 is 1.38 bits per heavy atom. The van der Waals surface area contributed by atoms with Gasteiger partial charge in [-0.25, -0.2) is 26.9 Å². The molecule has 4 aliphatic rings. The van der Waals surface area contributed by atoms with Crippen LogP contribution in [0.25, 0.3) is 12.2 Å². The van der Waals surface area contributed by atoms with Crippen LogP contribution in [0, 0.1) is 46.8 Å². The number of carbonyl (C=O) groups is 4. The maximum atomic E-state index is 15.4. The highest BCUT2D eigenvalue weighted by Crippen LogP contribution is 2.67. The van der Waals surface area contributed by atoms with Crippen molar-refractivity contribution < 1.29 is 73.6 Å². The van der Waals surface area contributed by atoms with Crippen LogP contribution in [0.5, 0.6) is 23.0 Å². The second-order valence-electron chi connectivity index (χ2n) is 15.0. The second-order valence-corrected chi connectivity index (χ2v) is 16.2. The molecule has 0 bridgehead atoms. The molecule has 1 saturated carbocycles. The number of benzene rings is 4. The summed E-state index contributed by atoms with van der Waals surface area (Å²) in [6, 6.07) is 13.3. The summed E-state index contributed by atoms with van der Waals surface area (Å²) in [6.07, 6.45) is -1.68. The quantitative estimate of drug-likeness (QED) is 0.0354. The van der Waals surface area contributed by atoms with Crippen molar-refractivity contribution in [2.45, 2.75) is 34.9 Å². The van der Waals surface area contributed by atoms with Gasteiger partial charge in [-0.2, -0.15) is 0 Å². The van der Waals surface area contributed by atoms with Gasteiger partial charge >= 0.3 is 6.36 Å². The van der Waals surface area contributed by atoms with Crippen LogP contribution >= 0.6 is 23.2 Å². The third kappa shape index (κ3) is 6.59. The summed E-state index contributed by atoms with van der Waals surface area (Å²) in [7, 11) is 3.00. The zero-order valence-electron chi connectivity index (χ0n) is 32.2. The molecule has 2 saturated heterocycles. The van der Waals surface area contributed by atoms with Gasteiger partial charge in [-0.05, 0) is 72.9 Å². The molecule has 0 aromatic heterocycles. The van der Waals surface area contributed by atoms with Gasteiger partial charge in [-0.1, -0.05) is 35.9 Å². The summed E-state index contributed by atoms with van der Waals surface area (Å²) >= 11 is 14.1. The van der Waals surface area contributed by atoms with E-state index >= 15 is 8.78 Å². The number of imide groups is 2. The minimum atomic E-state index is -5.31. The molecule has 2 heterocycles. The minimum absolute atomic E-state index is 0.107. The minimum Gasteiger partial charge on any atom is -0.508 e. The molecule has 0 radical (unpaired) electrons. The lowest BCUT2D eigenvalue weighted by atomic mass is 9.56. The number of halogens is 10. The first-order valence-electron chi connectivity index (χ1n) is 18.6. The van der Waals surface area contributed by atoms with E-state index in [0.717, 1.165) is 4.90 Å². The van der Waals surface area contributed by atoms with Gasteiger partial charge in [0.15, 0.2) is 33.0 Å². The molecule has 1 N–H and O–H groups in total. The third-order valence-corrected chi connectivity index (χ3v) is 13.2. The van der Waals surface area contributed by atoms with Crippen LogP contribution in [0.2, 0.25) is 0 Å². The first kappa shape index (κ1) is 43.5. The van der Waals surface area contributed by atoms with E-state index in [9.17, 15) is 50.6 Å². The number of alkyl halides is 5. The van der Waals surface area contributed by atoms with Crippen molar-refractivity contribution in [3.8, 4) is 23.0 Å². The van der Waals surface area contributed by atoms with Crippen LogP contribution in [0.3, 0.4) is 0 Å². The maximum Gasteiger partial charge on any atom is 0.573 e. The lowest BCUT2D eigenvalue weighted by Crippen LogP contribution is -2.60. The number of phenolic OH excluding ortho intramolecular Hbond substituents is 1. The lowest BCUT2D eigenvalue weighted by Gasteiger charge is -2.50. The molecule has 8 rings (SSSR count). The highest BCUT2D eigenvalue weighted by atomic mass is 35.5. The largest absolute Gasteiger partial charge is 0.573 e. The van der Waals surface area contributed by atoms with Gasteiger partial charge in [-0.3, -0.25) is 24.1 Å². The molecule has 328 valence electrons. The topological polar surface area (TPSA) is 123 Å². The molecule has 20 heteroatoms. The molecule has 0 spiro atoms. The van der Waals surface area contributed by atoms with Gasteiger partial charge in [0.2, 0.25) is 17.6 Å². The summed E-state index contributed by atoms with van der Waals surface area (Å²) in [6.45, 7) is 0. The highest BCUT2D eigenvalue weighted by Gasteiger charge is 2.77. The number of methoxy groups -OCH3 is 2. The van der Waals surface area contributed by atoms with Crippen LogP contribution in [0.1, 0.15) is 35.4 Å². The van der Waals surface area contributed by atoms with E-state index < -0.39 is 127 Å². The van der Waals surface area contributed by atoms with E-state index in [1.54, 1.807) is 42.5 Å². The van der Waals surface area contributed by atoms with Crippen molar-refractivity contribution in [1.82, 2.24) is 0 Å². The average molecular weight is 924 g/mol. The number of rotatable bonds is 8. The molecule has 63 heavy (non-hydrogen) atoms. The smallest absolute Gasteiger partial charge is 0.508 e. The van der Waals surface area contributed by atoms with Gasteiger partial charge in [0.1, 0.15) is 28.7 Å². The number of hydrogen-bond donors (Lipinski definition) is 1. The van der Waals surface area contributed by atoms with Gasteiger partial charge in [0, 0.05) is 17.0 Å². The molecule has 2 aliphatic heterocycles. The van der Waals surface area contributed by atoms with Crippen molar-refractivity contribution in [3.05, 3.63) is 118 Å². The zero-order valence-corrected chi connectivity index (χ0v) is 33.7. The second kappa shape index (κ2) is 15.3. The van der Waals surface area contributed by atoms with Crippen molar-refractivity contribution in [2.75, 3.05) is 24.0 Å². The normalized spacial score (nSPS) is 25.6. The fraction of sp³-hybridized carbons (Fsp3) is 0.256. The van der Waals surface area contributed by atoms with Crippen molar-refractivity contribution in [2.24, 2.45) is 17.8 Å². The molecule has 10 nitrogen and oxygen atoms in total. The van der Waals surface area contributed by atoms with Crippen LogP contribution in [0.4, 0.5) is 46.5 Å². The monoisotopic (exact) mass is 922 g/mol. The van der Waals surface area contributed by atoms with E-state index in [0.29, 0.717) is 40.8 Å². The molecule has 2 aliphatic carbocycles. The molecule has 4 aromatic carbocycles. The Morgan fingerprint density at radius 3 is 2.00 bits per heavy atom. The molecule has 4 amide bonds. The van der Waals surface area contributed by atoms with Crippen molar-refractivity contribution in [3.63, 3.8) is 0 Å². The summed E-state index contributed by atoms with van der Waals surface area (Å²) in [5.74, 6) is -25.1. The van der Waals surface area contributed by atoms with Gasteiger partial charge in [-0.15, -0.1) is 36.4 Å². The van der Waals surface area contributed by atoms with Crippen molar-refractivity contribution in [1.29, 1.82) is 0 Å². The molecular weight excluding hydrogens is 895 g/mol. The summed E-state index contributed by atoms with van der Waals surface area (Å²) in [5.41, 5.74) is -1.43. The standard InChI is InChI=1S/C43H28Cl2F8N2O8/c1-61-21-10-14-28(62-2)19(15-21)6-3-18-4-7-20(8-5-18)54-37(57)24-12-11-23-26(29(24)38(54)58)17-41(44)39(59)55(36-34(49)32(47)31(46)33(48)35(36)50)40(60)42(41,45)30(23)25-16-22(9-13-27(25)56)63-43(51,52)53/h3-11,13-16,24,26,29-30,56H,12,17H2,1-2H3/t24-,26+,29-,30+,41+,42-/m0/s1. The summed E-state index contributed by atoms with van der Waals surface area (Å²) < 4.78 is 129. The van der Waals surface area contributed by atoms with E-state index in [4.69, 9.17) is 32.7 Å². The Labute approximate surface area is 360 Å². The van der Waals surface area contributed by atoms with E-state index in [1.807, 2.05) is 0 Å². The Bertz CT molecular complexity index is 2680. The summed E-state index contributed by atoms with van der Waals surface area (Å²) in [5, 5.41) is 11.2. The van der Waals surface area contributed by atoms with Gasteiger partial charge < -0.3 is 19.3 Å². The van der Waals surface area contributed by atoms with Gasteiger partial charge in [0.25, 0.3) is 11.8 Å². The predicted octanol–water partition coefficient (Wildman–Crippen LogP) is 8.94. The first-order chi connectivity index (χ1) is 29.7. The lowest BCUT2D eigenvalue weighted by molar-refractivity contribution is -0.274. The van der Waals surface area contributed by atoms with E-state index in [1.165, 1.54) is 32.4 Å². The number of anilines is 2. The summed E-state index contributed by atoms with van der Waals surface area (Å²) in [4.78, 5) is 51.9. The molecule has 6 atom stereocenters. The van der Waals surface area contributed by atoms with Crippen LogP contribution in [0.15, 0.2) is 72.3 Å². The fourth-order valence-electron chi connectivity index (χ4n) is 9.02. The molecule has 0 unspecified atom stereocenters. The number of amides is 4.